The van der Waals surface area contributed by atoms with Crippen LogP contribution >= 0.6 is 0 Å². The largest absolute Gasteiger partial charge is 0.336 e. The molecule has 1 N–H and O–H groups in total. The third-order valence-electron chi connectivity index (χ3n) is 4.14. The number of rotatable bonds is 2. The molecule has 1 amide bonds. The monoisotopic (exact) mass is 298 g/mol. The lowest BCUT2D eigenvalue weighted by Gasteiger charge is -2.35. The number of anilines is 2. The zero-order valence-corrected chi connectivity index (χ0v) is 13.8. The van der Waals surface area contributed by atoms with Crippen molar-refractivity contribution in [3.05, 3.63) is 40.3 Å². The minimum absolute atomic E-state index is 0.000804. The summed E-state index contributed by atoms with van der Waals surface area (Å²) in [7, 11) is 1.82. The van der Waals surface area contributed by atoms with Gasteiger partial charge < -0.3 is 14.8 Å². The van der Waals surface area contributed by atoms with Gasteiger partial charge in [-0.05, 0) is 31.9 Å². The van der Waals surface area contributed by atoms with Crippen LogP contribution in [0.2, 0.25) is 0 Å². The van der Waals surface area contributed by atoms with Crippen molar-refractivity contribution in [3.8, 4) is 0 Å². The highest BCUT2D eigenvalue weighted by atomic mass is 16.2. The van der Waals surface area contributed by atoms with Crippen molar-refractivity contribution in [1.29, 1.82) is 0 Å². The summed E-state index contributed by atoms with van der Waals surface area (Å²) >= 11 is 0. The van der Waals surface area contributed by atoms with Crippen LogP contribution in [0, 0.1) is 20.8 Å². The molecule has 0 atom stereocenters. The lowest BCUT2D eigenvalue weighted by atomic mass is 10.0. The number of benzene rings is 1. The van der Waals surface area contributed by atoms with Crippen molar-refractivity contribution in [2.45, 2.75) is 34.1 Å². The first kappa shape index (κ1) is 14.6. The number of aromatic amines is 1. The molecule has 1 aliphatic rings. The zero-order chi connectivity index (χ0) is 16.0. The molecule has 3 rings (SSSR count). The topological polar surface area (TPSA) is 52.2 Å². The molecule has 1 aromatic heterocycles. The standard InChI is InChI=1S/C17H22N4O/c1-6-13-18-14-16(19-13)21(9-20(5)17(14)22)15-11(3)7-10(2)8-12(15)4/h7-8H,6,9H2,1-5H3,(H,18,19). The van der Waals surface area contributed by atoms with E-state index in [2.05, 4.69) is 47.8 Å². The molecular formula is C17H22N4O. The molecule has 2 aromatic rings. The number of carbonyl (C=O) groups is 1. The number of amides is 1. The van der Waals surface area contributed by atoms with E-state index in [-0.39, 0.29) is 5.91 Å². The maximum absolute atomic E-state index is 12.4. The minimum Gasteiger partial charge on any atom is -0.336 e. The Labute approximate surface area is 131 Å². The van der Waals surface area contributed by atoms with Gasteiger partial charge in [0.1, 0.15) is 11.5 Å². The number of aromatic nitrogens is 2. The average Bonchev–Trinajstić information content (AvgIpc) is 2.87. The first-order valence-corrected chi connectivity index (χ1v) is 7.62. The van der Waals surface area contributed by atoms with Gasteiger partial charge in [0.2, 0.25) is 0 Å². The lowest BCUT2D eigenvalue weighted by Crippen LogP contribution is -2.42. The zero-order valence-electron chi connectivity index (χ0n) is 13.8. The van der Waals surface area contributed by atoms with Crippen molar-refractivity contribution < 1.29 is 4.79 Å². The molecule has 1 aliphatic heterocycles. The van der Waals surface area contributed by atoms with Gasteiger partial charge >= 0.3 is 0 Å². The van der Waals surface area contributed by atoms with Gasteiger partial charge in [0.25, 0.3) is 5.91 Å². The molecule has 0 radical (unpaired) electrons. The fourth-order valence-electron chi connectivity index (χ4n) is 3.23. The number of nitrogens with one attached hydrogen (secondary N) is 1. The minimum atomic E-state index is 0.000804. The van der Waals surface area contributed by atoms with Crippen LogP contribution in [0.5, 0.6) is 0 Å². The number of imidazole rings is 1. The van der Waals surface area contributed by atoms with Crippen molar-refractivity contribution in [1.82, 2.24) is 14.9 Å². The van der Waals surface area contributed by atoms with Gasteiger partial charge in [0.05, 0.1) is 12.4 Å². The van der Waals surface area contributed by atoms with E-state index in [4.69, 9.17) is 0 Å². The van der Waals surface area contributed by atoms with Crippen LogP contribution in [0.15, 0.2) is 12.1 Å². The van der Waals surface area contributed by atoms with Gasteiger partial charge in [0.15, 0.2) is 5.82 Å². The summed E-state index contributed by atoms with van der Waals surface area (Å²) in [5, 5.41) is 0. The van der Waals surface area contributed by atoms with Crippen molar-refractivity contribution in [2.75, 3.05) is 18.6 Å². The number of carbonyl (C=O) groups excluding carboxylic acids is 1. The summed E-state index contributed by atoms with van der Waals surface area (Å²) < 4.78 is 0. The number of aryl methyl sites for hydroxylation is 4. The van der Waals surface area contributed by atoms with E-state index in [9.17, 15) is 4.79 Å². The molecule has 0 fully saturated rings. The lowest BCUT2D eigenvalue weighted by molar-refractivity contribution is 0.0781. The summed E-state index contributed by atoms with van der Waals surface area (Å²) in [6.45, 7) is 8.87. The van der Waals surface area contributed by atoms with Gasteiger partial charge in [-0.15, -0.1) is 0 Å². The highest BCUT2D eigenvalue weighted by Gasteiger charge is 2.32. The predicted octanol–water partition coefficient (Wildman–Crippen LogP) is 3.08. The summed E-state index contributed by atoms with van der Waals surface area (Å²) in [6.07, 6.45) is 0.781. The van der Waals surface area contributed by atoms with E-state index < -0.39 is 0 Å². The van der Waals surface area contributed by atoms with Gasteiger partial charge in [-0.1, -0.05) is 24.6 Å². The second-order valence-corrected chi connectivity index (χ2v) is 6.06. The van der Waals surface area contributed by atoms with Gasteiger partial charge in [-0.25, -0.2) is 4.98 Å². The fraction of sp³-hybridized carbons (Fsp3) is 0.412. The summed E-state index contributed by atoms with van der Waals surface area (Å²) in [6, 6.07) is 4.34. The Morgan fingerprint density at radius 2 is 1.86 bits per heavy atom. The van der Waals surface area contributed by atoms with E-state index in [1.807, 2.05) is 14.0 Å². The Balaban J connectivity index is 2.19. The summed E-state index contributed by atoms with van der Waals surface area (Å²) in [5.41, 5.74) is 5.38. The highest BCUT2D eigenvalue weighted by molar-refractivity contribution is 6.00. The number of nitrogens with zero attached hydrogens (tertiary/aromatic N) is 3. The fourth-order valence-corrected chi connectivity index (χ4v) is 3.23. The van der Waals surface area contributed by atoms with Crippen LogP contribution in [0.3, 0.4) is 0 Å². The first-order valence-electron chi connectivity index (χ1n) is 7.62. The molecule has 0 unspecified atom stereocenters. The predicted molar refractivity (Wildman–Crippen MR) is 87.7 cm³/mol. The Morgan fingerprint density at radius 1 is 1.23 bits per heavy atom. The van der Waals surface area contributed by atoms with Crippen LogP contribution in [0.25, 0.3) is 0 Å². The molecule has 0 bridgehead atoms. The summed E-state index contributed by atoms with van der Waals surface area (Å²) in [5.74, 6) is 1.59. The van der Waals surface area contributed by atoms with E-state index in [0.717, 1.165) is 23.8 Å². The Morgan fingerprint density at radius 3 is 2.45 bits per heavy atom. The van der Waals surface area contributed by atoms with E-state index in [1.165, 1.54) is 16.7 Å². The third kappa shape index (κ3) is 2.17. The van der Waals surface area contributed by atoms with Crippen LogP contribution < -0.4 is 4.90 Å². The third-order valence-corrected chi connectivity index (χ3v) is 4.14. The maximum Gasteiger partial charge on any atom is 0.275 e. The van der Waals surface area contributed by atoms with E-state index >= 15 is 0 Å². The Bertz CT molecular complexity index is 724. The second kappa shape index (κ2) is 5.16. The van der Waals surface area contributed by atoms with Crippen molar-refractivity contribution in [3.63, 3.8) is 0 Å². The van der Waals surface area contributed by atoms with Crippen molar-refractivity contribution >= 4 is 17.4 Å². The average molecular weight is 298 g/mol. The molecule has 5 nitrogen and oxygen atoms in total. The molecule has 5 heteroatoms. The normalized spacial score (nSPS) is 14.5. The van der Waals surface area contributed by atoms with Crippen LogP contribution in [0.4, 0.5) is 11.5 Å². The van der Waals surface area contributed by atoms with Gasteiger partial charge in [-0.2, -0.15) is 0 Å². The molecule has 0 saturated carbocycles. The van der Waals surface area contributed by atoms with E-state index in [0.29, 0.717) is 12.4 Å². The van der Waals surface area contributed by atoms with Gasteiger partial charge in [-0.3, -0.25) is 4.79 Å². The van der Waals surface area contributed by atoms with E-state index in [1.54, 1.807) is 4.90 Å². The van der Waals surface area contributed by atoms with Gasteiger partial charge in [0, 0.05) is 13.5 Å². The van der Waals surface area contributed by atoms with Crippen LogP contribution in [-0.2, 0) is 6.42 Å². The number of fused-ring (bicyclic) bond motifs is 1. The van der Waals surface area contributed by atoms with Crippen LogP contribution in [-0.4, -0.2) is 34.5 Å². The molecule has 0 spiro atoms. The molecule has 2 heterocycles. The summed E-state index contributed by atoms with van der Waals surface area (Å²) in [4.78, 5) is 24.0. The molecule has 22 heavy (non-hydrogen) atoms. The molecule has 1 aromatic carbocycles. The smallest absolute Gasteiger partial charge is 0.275 e. The Kier molecular flexibility index (Phi) is 3.43. The number of H-pyrrole nitrogens is 1. The SMILES string of the molecule is CCc1nc2c([nH]1)C(=O)N(C)CN2c1c(C)cc(C)cc1C. The number of hydrogen-bond donors (Lipinski definition) is 1. The second-order valence-electron chi connectivity index (χ2n) is 6.06. The number of hydrogen-bond acceptors (Lipinski definition) is 3. The molecule has 0 saturated heterocycles. The highest BCUT2D eigenvalue weighted by Crippen LogP contribution is 2.36. The quantitative estimate of drug-likeness (QED) is 0.927. The van der Waals surface area contributed by atoms with Crippen molar-refractivity contribution in [2.24, 2.45) is 0 Å². The first-order chi connectivity index (χ1) is 10.4. The maximum atomic E-state index is 12.4. The molecule has 0 aliphatic carbocycles. The molecular weight excluding hydrogens is 276 g/mol. The van der Waals surface area contributed by atoms with Crippen LogP contribution in [0.1, 0.15) is 39.9 Å². The Hall–Kier alpha value is -2.30. The molecule has 116 valence electrons.